The molecule has 2 rings (SSSR count). The van der Waals surface area contributed by atoms with E-state index in [1.165, 1.54) is 14.2 Å². The molecule has 0 heterocycles. The summed E-state index contributed by atoms with van der Waals surface area (Å²) in [6, 6.07) is 13.3. The molecule has 0 amide bonds. The van der Waals surface area contributed by atoms with Crippen molar-refractivity contribution >= 4 is 28.6 Å². The number of hydrogen-bond acceptors (Lipinski definition) is 4. The Morgan fingerprint density at radius 3 is 2.43 bits per heavy atom. The zero-order valence-electron chi connectivity index (χ0n) is 11.8. The Morgan fingerprint density at radius 1 is 1.10 bits per heavy atom. The molecule has 0 N–H and O–H groups in total. The van der Waals surface area contributed by atoms with E-state index in [0.717, 1.165) is 9.13 Å². The highest BCUT2D eigenvalue weighted by atomic mass is 127. The first kappa shape index (κ1) is 15.6. The number of carbonyl (C=O) groups is 1. The summed E-state index contributed by atoms with van der Waals surface area (Å²) in [5, 5.41) is 0. The van der Waals surface area contributed by atoms with Crippen LogP contribution < -0.4 is 9.47 Å². The minimum atomic E-state index is -0.431. The van der Waals surface area contributed by atoms with E-state index in [1.54, 1.807) is 12.1 Å². The summed E-state index contributed by atoms with van der Waals surface area (Å²) >= 11 is 2.12. The van der Waals surface area contributed by atoms with Crippen LogP contribution in [0, 0.1) is 3.57 Å². The highest BCUT2D eigenvalue weighted by Gasteiger charge is 2.16. The van der Waals surface area contributed by atoms with Crippen LogP contribution >= 0.6 is 22.6 Å². The van der Waals surface area contributed by atoms with Crippen molar-refractivity contribution in [2.24, 2.45) is 0 Å². The first-order chi connectivity index (χ1) is 10.2. The summed E-state index contributed by atoms with van der Waals surface area (Å²) in [7, 11) is 2.85. The normalized spacial score (nSPS) is 10.0. The zero-order valence-corrected chi connectivity index (χ0v) is 13.9. The summed E-state index contributed by atoms with van der Waals surface area (Å²) in [5.74, 6) is 0.675. The molecule has 0 fully saturated rings. The molecule has 0 saturated heterocycles. The van der Waals surface area contributed by atoms with E-state index in [2.05, 4.69) is 22.6 Å². The molecule has 0 atom stereocenters. The van der Waals surface area contributed by atoms with Crippen LogP contribution in [-0.4, -0.2) is 20.2 Å². The van der Waals surface area contributed by atoms with Gasteiger partial charge in [-0.25, -0.2) is 4.79 Å². The Kier molecular flexibility index (Phi) is 5.44. The van der Waals surface area contributed by atoms with Crippen molar-refractivity contribution in [2.45, 2.75) is 6.61 Å². The van der Waals surface area contributed by atoms with Crippen LogP contribution in [0.2, 0.25) is 0 Å². The van der Waals surface area contributed by atoms with Gasteiger partial charge in [-0.2, -0.15) is 0 Å². The summed E-state index contributed by atoms with van der Waals surface area (Å²) in [4.78, 5) is 11.7. The molecule has 0 aromatic heterocycles. The van der Waals surface area contributed by atoms with E-state index < -0.39 is 5.97 Å². The van der Waals surface area contributed by atoms with Crippen molar-refractivity contribution in [3.8, 4) is 11.5 Å². The van der Waals surface area contributed by atoms with Gasteiger partial charge in [0.15, 0.2) is 0 Å². The predicted molar refractivity (Wildman–Crippen MR) is 87.8 cm³/mol. The summed E-state index contributed by atoms with van der Waals surface area (Å²) in [6.45, 7) is 0.456. The largest absolute Gasteiger partial charge is 0.496 e. The average Bonchev–Trinajstić information content (AvgIpc) is 2.53. The Bertz CT molecular complexity index is 626. The third kappa shape index (κ3) is 3.87. The van der Waals surface area contributed by atoms with Crippen LogP contribution in [0.1, 0.15) is 15.9 Å². The first-order valence-corrected chi connectivity index (χ1v) is 7.36. The molecule has 2 aromatic rings. The third-order valence-electron chi connectivity index (χ3n) is 2.90. The lowest BCUT2D eigenvalue weighted by Gasteiger charge is -2.13. The van der Waals surface area contributed by atoms with Gasteiger partial charge in [0.1, 0.15) is 23.7 Å². The molecule has 4 nitrogen and oxygen atoms in total. The van der Waals surface area contributed by atoms with Crippen LogP contribution in [0.5, 0.6) is 11.5 Å². The van der Waals surface area contributed by atoms with Gasteiger partial charge in [-0.15, -0.1) is 0 Å². The molecule has 0 aliphatic heterocycles. The fraction of sp³-hybridized carbons (Fsp3) is 0.188. The molecule has 0 aliphatic rings. The van der Waals surface area contributed by atoms with Gasteiger partial charge in [0.05, 0.1) is 17.8 Å². The molecule has 5 heteroatoms. The number of halogens is 1. The number of esters is 1. The van der Waals surface area contributed by atoms with Gasteiger partial charge in [0, 0.05) is 6.07 Å². The monoisotopic (exact) mass is 398 g/mol. The second-order valence-corrected chi connectivity index (χ2v) is 5.41. The number of benzene rings is 2. The lowest BCUT2D eigenvalue weighted by molar-refractivity contribution is 0.0597. The molecular formula is C16H15IO4. The fourth-order valence-electron chi connectivity index (χ4n) is 1.82. The highest BCUT2D eigenvalue weighted by molar-refractivity contribution is 14.1. The van der Waals surface area contributed by atoms with Crippen LogP contribution in [0.15, 0.2) is 42.5 Å². The molecule has 0 saturated carbocycles. The highest BCUT2D eigenvalue weighted by Crippen LogP contribution is 2.31. The maximum absolute atomic E-state index is 11.7. The van der Waals surface area contributed by atoms with Crippen molar-refractivity contribution in [1.29, 1.82) is 0 Å². The fourth-order valence-corrected chi connectivity index (χ4v) is 2.44. The van der Waals surface area contributed by atoms with Gasteiger partial charge in [0.2, 0.25) is 0 Å². The lowest BCUT2D eigenvalue weighted by atomic mass is 10.2. The van der Waals surface area contributed by atoms with Crippen LogP contribution in [0.25, 0.3) is 0 Å². The third-order valence-corrected chi connectivity index (χ3v) is 3.74. The van der Waals surface area contributed by atoms with Gasteiger partial charge >= 0.3 is 5.97 Å². The van der Waals surface area contributed by atoms with Gasteiger partial charge in [-0.05, 0) is 34.2 Å². The van der Waals surface area contributed by atoms with Crippen molar-refractivity contribution in [2.75, 3.05) is 14.2 Å². The second-order valence-electron chi connectivity index (χ2n) is 4.25. The Hall–Kier alpha value is -1.76. The smallest absolute Gasteiger partial charge is 0.341 e. The van der Waals surface area contributed by atoms with Crippen molar-refractivity contribution in [1.82, 2.24) is 0 Å². The molecule has 0 radical (unpaired) electrons. The minimum Gasteiger partial charge on any atom is -0.496 e. The van der Waals surface area contributed by atoms with Crippen LogP contribution in [-0.2, 0) is 11.3 Å². The maximum atomic E-state index is 11.7. The number of methoxy groups -OCH3 is 2. The van der Waals surface area contributed by atoms with Crippen molar-refractivity contribution in [3.63, 3.8) is 0 Å². The number of hydrogen-bond donors (Lipinski definition) is 0. The van der Waals surface area contributed by atoms with Gasteiger partial charge in [-0.3, -0.25) is 0 Å². The molecule has 21 heavy (non-hydrogen) atoms. The maximum Gasteiger partial charge on any atom is 0.341 e. The molecule has 2 aromatic carbocycles. The van der Waals surface area contributed by atoms with Crippen molar-refractivity contribution in [3.05, 3.63) is 57.2 Å². The quantitative estimate of drug-likeness (QED) is 0.570. The van der Waals surface area contributed by atoms with Crippen molar-refractivity contribution < 1.29 is 19.0 Å². The number of carbonyl (C=O) groups excluding carboxylic acids is 1. The Morgan fingerprint density at radius 2 is 1.81 bits per heavy atom. The summed E-state index contributed by atoms with van der Waals surface area (Å²) in [5.41, 5.74) is 1.46. The molecule has 0 aliphatic carbocycles. The van der Waals surface area contributed by atoms with E-state index in [9.17, 15) is 4.79 Å². The molecular weight excluding hydrogens is 383 g/mol. The van der Waals surface area contributed by atoms with E-state index in [0.29, 0.717) is 23.7 Å². The van der Waals surface area contributed by atoms with Crippen LogP contribution in [0.3, 0.4) is 0 Å². The lowest BCUT2D eigenvalue weighted by Crippen LogP contribution is -2.06. The molecule has 0 bridgehead atoms. The summed E-state index contributed by atoms with van der Waals surface area (Å²) in [6.07, 6.45) is 0. The van der Waals surface area contributed by atoms with E-state index in [-0.39, 0.29) is 0 Å². The Labute approximate surface area is 137 Å². The first-order valence-electron chi connectivity index (χ1n) is 6.28. The number of rotatable bonds is 5. The van der Waals surface area contributed by atoms with E-state index in [4.69, 9.17) is 14.2 Å². The van der Waals surface area contributed by atoms with Gasteiger partial charge in [0.25, 0.3) is 0 Å². The topological polar surface area (TPSA) is 44.8 Å². The molecule has 0 spiro atoms. The minimum absolute atomic E-state index is 0.386. The average molecular weight is 398 g/mol. The zero-order chi connectivity index (χ0) is 15.2. The van der Waals surface area contributed by atoms with Gasteiger partial charge < -0.3 is 14.2 Å². The van der Waals surface area contributed by atoms with E-state index in [1.807, 2.05) is 30.3 Å². The Balaban J connectivity index is 2.22. The van der Waals surface area contributed by atoms with Crippen LogP contribution in [0.4, 0.5) is 0 Å². The SMILES string of the molecule is COC(=O)c1cc(I)c(OCc2ccccc2)cc1OC. The number of ether oxygens (including phenoxy) is 3. The second kappa shape index (κ2) is 7.31. The van der Waals surface area contributed by atoms with Gasteiger partial charge in [-0.1, -0.05) is 30.3 Å². The van der Waals surface area contributed by atoms with E-state index >= 15 is 0 Å². The predicted octanol–water partition coefficient (Wildman–Crippen LogP) is 3.67. The standard InChI is InChI=1S/C16H15IO4/c1-19-14-9-15(13(17)8-12(14)16(18)20-2)21-10-11-6-4-3-5-7-11/h3-9H,10H2,1-2H3. The molecule has 110 valence electrons. The summed E-state index contributed by atoms with van der Waals surface area (Å²) < 4.78 is 16.6. The molecule has 0 unspecified atom stereocenters.